The maximum Gasteiger partial charge on any atom is 0.305 e. The van der Waals surface area contributed by atoms with Gasteiger partial charge in [-0.3, -0.25) is 4.79 Å². The van der Waals surface area contributed by atoms with Crippen molar-refractivity contribution >= 4 is 12.0 Å². The van der Waals surface area contributed by atoms with Gasteiger partial charge in [-0.05, 0) is 56.6 Å². The van der Waals surface area contributed by atoms with Crippen molar-refractivity contribution in [3.05, 3.63) is 71.8 Å². The Bertz CT molecular complexity index is 755. The average Bonchev–Trinajstić information content (AvgIpc) is 2.78. The number of carbonyl (C=O) groups excluding carboxylic acids is 1. The highest BCUT2D eigenvalue weighted by atomic mass is 16.5. The summed E-state index contributed by atoms with van der Waals surface area (Å²) < 4.78 is 10.6. The second-order valence-corrected chi connectivity index (χ2v) is 7.43. The molecule has 2 aromatic rings. The molecule has 1 unspecified atom stereocenters. The van der Waals surface area contributed by atoms with Gasteiger partial charge in [0.25, 0.3) is 0 Å². The van der Waals surface area contributed by atoms with E-state index >= 15 is 0 Å². The summed E-state index contributed by atoms with van der Waals surface area (Å²) in [5.74, 6) is 0.640. The van der Waals surface area contributed by atoms with Crippen LogP contribution < -0.4 is 4.74 Å². The lowest BCUT2D eigenvalue weighted by atomic mass is 10.1. The summed E-state index contributed by atoms with van der Waals surface area (Å²) in [7, 11) is 1.39. The normalized spacial score (nSPS) is 12.1. The Balaban J connectivity index is 1.67. The maximum atomic E-state index is 11.1. The van der Waals surface area contributed by atoms with Crippen LogP contribution >= 0.6 is 0 Å². The zero-order valence-electron chi connectivity index (χ0n) is 18.0. The Morgan fingerprint density at radius 3 is 2.53 bits per heavy atom. The lowest BCUT2D eigenvalue weighted by Gasteiger charge is -2.10. The van der Waals surface area contributed by atoms with E-state index in [1.165, 1.54) is 12.7 Å². The van der Waals surface area contributed by atoms with Crippen LogP contribution in [0.4, 0.5) is 0 Å². The molecule has 30 heavy (non-hydrogen) atoms. The number of unbranched alkanes of at least 4 members (excludes halogenated alkanes) is 3. The number of carbonyl (C=O) groups is 1. The number of ether oxygens (including phenoxy) is 2. The van der Waals surface area contributed by atoms with Gasteiger partial charge in [-0.25, -0.2) is 0 Å². The molecule has 1 atom stereocenters. The number of methoxy groups -OCH3 is 1. The lowest BCUT2D eigenvalue weighted by Crippen LogP contribution is -2.04. The van der Waals surface area contributed by atoms with Gasteiger partial charge >= 0.3 is 5.97 Å². The van der Waals surface area contributed by atoms with Gasteiger partial charge in [0.05, 0.1) is 19.8 Å². The topological polar surface area (TPSA) is 55.8 Å². The van der Waals surface area contributed by atoms with E-state index in [0.717, 1.165) is 49.8 Å². The first-order valence-electron chi connectivity index (χ1n) is 10.9. The second-order valence-electron chi connectivity index (χ2n) is 7.43. The number of hydrogen-bond donors (Lipinski definition) is 1. The fourth-order valence-electron chi connectivity index (χ4n) is 3.22. The van der Waals surface area contributed by atoms with Crippen LogP contribution in [0.3, 0.4) is 0 Å². The fraction of sp³-hybridized carbons (Fsp3) is 0.423. The van der Waals surface area contributed by atoms with Gasteiger partial charge < -0.3 is 14.6 Å². The molecule has 0 fully saturated rings. The summed E-state index contributed by atoms with van der Waals surface area (Å²) in [5.41, 5.74) is 2.35. The minimum absolute atomic E-state index is 0.203. The van der Waals surface area contributed by atoms with Crippen LogP contribution in [0.1, 0.15) is 56.1 Å². The van der Waals surface area contributed by atoms with Gasteiger partial charge in [0.2, 0.25) is 0 Å². The first-order chi connectivity index (χ1) is 14.7. The highest BCUT2D eigenvalue weighted by Gasteiger charge is 2.04. The number of esters is 1. The van der Waals surface area contributed by atoms with E-state index in [4.69, 9.17) is 4.74 Å². The summed E-state index contributed by atoms with van der Waals surface area (Å²) in [4.78, 5) is 11.1. The lowest BCUT2D eigenvalue weighted by molar-refractivity contribution is -0.140. The van der Waals surface area contributed by atoms with Crippen molar-refractivity contribution in [3.63, 3.8) is 0 Å². The van der Waals surface area contributed by atoms with E-state index in [2.05, 4.69) is 29.0 Å². The minimum atomic E-state index is -0.534. The SMILES string of the molecule is COC(=O)CCCCC(O)/C=C/c1ccccc1OCCCCCc1ccccc1. The fourth-order valence-corrected chi connectivity index (χ4v) is 3.22. The van der Waals surface area contributed by atoms with Gasteiger partial charge in [-0.15, -0.1) is 0 Å². The zero-order valence-corrected chi connectivity index (χ0v) is 18.0. The third-order valence-corrected chi connectivity index (χ3v) is 4.99. The molecule has 2 rings (SSSR count). The number of hydrogen-bond acceptors (Lipinski definition) is 4. The molecule has 0 spiro atoms. The summed E-state index contributed by atoms with van der Waals surface area (Å²) in [5, 5.41) is 10.1. The number of para-hydroxylation sites is 1. The molecule has 0 aliphatic heterocycles. The molecule has 4 nitrogen and oxygen atoms in total. The van der Waals surface area contributed by atoms with E-state index in [1.54, 1.807) is 6.08 Å². The van der Waals surface area contributed by atoms with Gasteiger partial charge in [0, 0.05) is 12.0 Å². The van der Waals surface area contributed by atoms with E-state index < -0.39 is 6.10 Å². The summed E-state index contributed by atoms with van der Waals surface area (Å²) >= 11 is 0. The molecule has 0 amide bonds. The predicted molar refractivity (Wildman–Crippen MR) is 121 cm³/mol. The van der Waals surface area contributed by atoms with Crippen molar-refractivity contribution in [2.24, 2.45) is 0 Å². The van der Waals surface area contributed by atoms with E-state index in [-0.39, 0.29) is 5.97 Å². The quantitative estimate of drug-likeness (QED) is 0.326. The molecule has 0 heterocycles. The van der Waals surface area contributed by atoms with Crippen LogP contribution in [0.15, 0.2) is 60.7 Å². The van der Waals surface area contributed by atoms with E-state index in [0.29, 0.717) is 19.4 Å². The van der Waals surface area contributed by atoms with Crippen LogP contribution in [0.25, 0.3) is 6.08 Å². The maximum absolute atomic E-state index is 11.1. The summed E-state index contributed by atoms with van der Waals surface area (Å²) in [6, 6.07) is 18.5. The third kappa shape index (κ3) is 9.75. The van der Waals surface area contributed by atoms with Crippen LogP contribution in [0.2, 0.25) is 0 Å². The number of aliphatic hydroxyl groups is 1. The Kier molecular flexibility index (Phi) is 11.4. The zero-order chi connectivity index (χ0) is 21.4. The standard InChI is InChI=1S/C26H34O4/c1-29-26(28)18-10-8-16-24(27)20-19-23-15-7-9-17-25(23)30-21-11-3-6-14-22-12-4-2-5-13-22/h2,4-5,7,9,12-13,15,17,19-20,24,27H,3,6,8,10-11,14,16,18,21H2,1H3/b20-19+. The number of aliphatic hydroxyl groups excluding tert-OH is 1. The number of benzene rings is 2. The molecule has 0 saturated carbocycles. The van der Waals surface area contributed by atoms with Crippen molar-refractivity contribution < 1.29 is 19.4 Å². The highest BCUT2D eigenvalue weighted by molar-refractivity contribution is 5.69. The molecule has 0 aliphatic carbocycles. The van der Waals surface area contributed by atoms with Crippen molar-refractivity contribution in [2.45, 2.75) is 57.5 Å². The molecule has 0 aromatic heterocycles. The third-order valence-electron chi connectivity index (χ3n) is 4.99. The first kappa shape index (κ1) is 23.7. The van der Waals surface area contributed by atoms with E-state index in [1.807, 2.05) is 36.4 Å². The smallest absolute Gasteiger partial charge is 0.305 e. The average molecular weight is 411 g/mol. The summed E-state index contributed by atoms with van der Waals surface area (Å²) in [6.45, 7) is 0.690. The molecule has 0 radical (unpaired) electrons. The molecule has 2 aromatic carbocycles. The Morgan fingerprint density at radius 1 is 0.967 bits per heavy atom. The molecule has 0 saturated heterocycles. The van der Waals surface area contributed by atoms with Gasteiger partial charge in [0.15, 0.2) is 0 Å². The first-order valence-corrected chi connectivity index (χ1v) is 10.9. The Labute approximate surface area is 180 Å². The number of rotatable bonds is 14. The largest absolute Gasteiger partial charge is 0.493 e. The monoisotopic (exact) mass is 410 g/mol. The highest BCUT2D eigenvalue weighted by Crippen LogP contribution is 2.21. The van der Waals surface area contributed by atoms with Crippen molar-refractivity contribution in [2.75, 3.05) is 13.7 Å². The number of aryl methyl sites for hydroxylation is 1. The van der Waals surface area contributed by atoms with E-state index in [9.17, 15) is 9.90 Å². The Hall–Kier alpha value is -2.59. The van der Waals surface area contributed by atoms with Crippen LogP contribution in [0.5, 0.6) is 5.75 Å². The molecule has 1 N–H and O–H groups in total. The van der Waals surface area contributed by atoms with Gasteiger partial charge in [-0.1, -0.05) is 60.7 Å². The van der Waals surface area contributed by atoms with Gasteiger partial charge in [-0.2, -0.15) is 0 Å². The predicted octanol–water partition coefficient (Wildman–Crippen LogP) is 5.59. The van der Waals surface area contributed by atoms with Crippen molar-refractivity contribution in [1.82, 2.24) is 0 Å². The van der Waals surface area contributed by atoms with Crippen LogP contribution in [-0.2, 0) is 16.0 Å². The molecule has 4 heteroatoms. The molecular weight excluding hydrogens is 376 g/mol. The van der Waals surface area contributed by atoms with Crippen molar-refractivity contribution in [3.8, 4) is 5.75 Å². The molecule has 0 aliphatic rings. The van der Waals surface area contributed by atoms with Crippen LogP contribution in [-0.4, -0.2) is 30.9 Å². The van der Waals surface area contributed by atoms with Crippen molar-refractivity contribution in [1.29, 1.82) is 0 Å². The van der Waals surface area contributed by atoms with Crippen LogP contribution in [0, 0.1) is 0 Å². The molecular formula is C26H34O4. The van der Waals surface area contributed by atoms with Gasteiger partial charge in [0.1, 0.15) is 5.75 Å². The molecule has 162 valence electrons. The second kappa shape index (κ2) is 14.4. The minimum Gasteiger partial charge on any atom is -0.493 e. The molecule has 0 bridgehead atoms. The Morgan fingerprint density at radius 2 is 1.73 bits per heavy atom. The summed E-state index contributed by atoms with van der Waals surface area (Å²) in [6.07, 6.45) is 10.1.